The van der Waals surface area contributed by atoms with E-state index >= 15 is 0 Å². The molecular weight excluding hydrogens is 148 g/mol. The normalized spacial score (nSPS) is 26.0. The van der Waals surface area contributed by atoms with E-state index in [-0.39, 0.29) is 0 Å². The molecule has 1 saturated heterocycles. The summed E-state index contributed by atoms with van der Waals surface area (Å²) in [6.45, 7) is 7.28. The highest BCUT2D eigenvalue weighted by Gasteiger charge is 2.14. The molecule has 0 N–H and O–H groups in total. The van der Waals surface area contributed by atoms with Gasteiger partial charge in [0.25, 0.3) is 0 Å². The Morgan fingerprint density at radius 1 is 1.58 bits per heavy atom. The third-order valence-corrected chi connectivity index (χ3v) is 2.74. The first-order valence-electron chi connectivity index (χ1n) is 5.27. The fourth-order valence-corrected chi connectivity index (χ4v) is 1.71. The molecule has 0 aromatic rings. The van der Waals surface area contributed by atoms with Gasteiger partial charge in [0.05, 0.1) is 6.10 Å². The predicted octanol–water partition coefficient (Wildman–Crippen LogP) is 3.20. The summed E-state index contributed by atoms with van der Waals surface area (Å²) >= 11 is 0. The van der Waals surface area contributed by atoms with Crippen LogP contribution in [0.5, 0.6) is 0 Å². The van der Waals surface area contributed by atoms with Crippen LogP contribution in [0.2, 0.25) is 0 Å². The van der Waals surface area contributed by atoms with Gasteiger partial charge in [-0.25, -0.2) is 0 Å². The minimum atomic E-state index is 0.578. The van der Waals surface area contributed by atoms with E-state index < -0.39 is 0 Å². The van der Waals surface area contributed by atoms with E-state index in [1.807, 2.05) is 0 Å². The predicted molar refractivity (Wildman–Crippen MR) is 52.0 cm³/mol. The Labute approximate surface area is 76.5 Å². The molecule has 0 bridgehead atoms. The maximum absolute atomic E-state index is 5.55. The highest BCUT2D eigenvalue weighted by atomic mass is 16.5. The van der Waals surface area contributed by atoms with Crippen molar-refractivity contribution in [3.05, 3.63) is 6.92 Å². The molecule has 71 valence electrons. The molecule has 1 heteroatoms. The van der Waals surface area contributed by atoms with Crippen molar-refractivity contribution >= 4 is 0 Å². The Morgan fingerprint density at radius 2 is 2.42 bits per heavy atom. The molecule has 0 aromatic carbocycles. The van der Waals surface area contributed by atoms with Crippen LogP contribution in [0.3, 0.4) is 0 Å². The molecule has 2 unspecified atom stereocenters. The van der Waals surface area contributed by atoms with E-state index in [2.05, 4.69) is 13.8 Å². The minimum absolute atomic E-state index is 0.578. The minimum Gasteiger partial charge on any atom is -0.378 e. The van der Waals surface area contributed by atoms with Crippen molar-refractivity contribution in [1.29, 1.82) is 0 Å². The van der Waals surface area contributed by atoms with E-state index in [1.165, 1.54) is 38.5 Å². The van der Waals surface area contributed by atoms with Crippen LogP contribution in [0.1, 0.15) is 45.4 Å². The molecule has 1 rings (SSSR count). The molecule has 0 aliphatic carbocycles. The van der Waals surface area contributed by atoms with E-state index in [1.54, 1.807) is 0 Å². The van der Waals surface area contributed by atoms with Crippen LogP contribution in [-0.4, -0.2) is 12.7 Å². The monoisotopic (exact) mass is 169 g/mol. The number of hydrogen-bond donors (Lipinski definition) is 0. The number of ether oxygens (including phenoxy) is 1. The lowest BCUT2D eigenvalue weighted by Crippen LogP contribution is -2.05. The van der Waals surface area contributed by atoms with E-state index in [9.17, 15) is 0 Å². The van der Waals surface area contributed by atoms with Crippen LogP contribution >= 0.6 is 0 Å². The zero-order chi connectivity index (χ0) is 8.81. The highest BCUT2D eigenvalue weighted by Crippen LogP contribution is 2.19. The standard InChI is InChI=1S/C11H21O/c1-3-10(2)6-4-7-11-8-5-9-12-11/h10-11H,2-9H2,1H3. The molecule has 0 saturated carbocycles. The van der Waals surface area contributed by atoms with Crippen LogP contribution in [0, 0.1) is 12.8 Å². The summed E-state index contributed by atoms with van der Waals surface area (Å²) in [6, 6.07) is 0. The average molecular weight is 169 g/mol. The van der Waals surface area contributed by atoms with Gasteiger partial charge in [-0.3, -0.25) is 0 Å². The van der Waals surface area contributed by atoms with Crippen LogP contribution < -0.4 is 0 Å². The molecule has 0 amide bonds. The maximum atomic E-state index is 5.55. The first-order chi connectivity index (χ1) is 5.83. The van der Waals surface area contributed by atoms with Gasteiger partial charge < -0.3 is 4.74 Å². The van der Waals surface area contributed by atoms with E-state index in [0.29, 0.717) is 12.0 Å². The third kappa shape index (κ3) is 3.57. The van der Waals surface area contributed by atoms with Crippen LogP contribution in [0.15, 0.2) is 0 Å². The largest absolute Gasteiger partial charge is 0.378 e. The van der Waals surface area contributed by atoms with E-state index in [0.717, 1.165) is 6.61 Å². The van der Waals surface area contributed by atoms with Crippen molar-refractivity contribution < 1.29 is 4.74 Å². The van der Waals surface area contributed by atoms with Gasteiger partial charge in [-0.2, -0.15) is 0 Å². The molecule has 1 radical (unpaired) electrons. The van der Waals surface area contributed by atoms with Gasteiger partial charge in [0.15, 0.2) is 0 Å². The van der Waals surface area contributed by atoms with Gasteiger partial charge in [-0.15, -0.1) is 0 Å². The Morgan fingerprint density at radius 3 is 3.00 bits per heavy atom. The van der Waals surface area contributed by atoms with Gasteiger partial charge in [0.1, 0.15) is 0 Å². The third-order valence-electron chi connectivity index (χ3n) is 2.74. The Kier molecular flexibility index (Phi) is 4.67. The SMILES string of the molecule is [CH2]C(CC)CCCC1CCCO1. The number of rotatable bonds is 5. The summed E-state index contributed by atoms with van der Waals surface area (Å²) in [5.74, 6) is 0.659. The maximum Gasteiger partial charge on any atom is 0.0576 e. The van der Waals surface area contributed by atoms with Crippen molar-refractivity contribution in [2.75, 3.05) is 6.61 Å². The Bertz CT molecular complexity index is 106. The Hall–Kier alpha value is -0.0400. The summed E-state index contributed by atoms with van der Waals surface area (Å²) in [4.78, 5) is 0. The lowest BCUT2D eigenvalue weighted by molar-refractivity contribution is 0.101. The second-order valence-electron chi connectivity index (χ2n) is 3.84. The van der Waals surface area contributed by atoms with Gasteiger partial charge in [0.2, 0.25) is 0 Å². The molecule has 2 atom stereocenters. The molecule has 1 nitrogen and oxygen atoms in total. The fourth-order valence-electron chi connectivity index (χ4n) is 1.71. The molecule has 0 spiro atoms. The highest BCUT2D eigenvalue weighted by molar-refractivity contribution is 4.66. The van der Waals surface area contributed by atoms with Crippen molar-refractivity contribution in [1.82, 2.24) is 0 Å². The molecule has 0 aromatic heterocycles. The number of hydrogen-bond acceptors (Lipinski definition) is 1. The van der Waals surface area contributed by atoms with Crippen molar-refractivity contribution in [3.63, 3.8) is 0 Å². The summed E-state index contributed by atoms with van der Waals surface area (Å²) in [5, 5.41) is 0. The molecule has 1 aliphatic rings. The topological polar surface area (TPSA) is 9.23 Å². The Balaban J connectivity index is 1.94. The first kappa shape index (κ1) is 10.0. The lowest BCUT2D eigenvalue weighted by Gasteiger charge is -2.11. The zero-order valence-electron chi connectivity index (χ0n) is 8.22. The second-order valence-corrected chi connectivity index (χ2v) is 3.84. The van der Waals surface area contributed by atoms with E-state index in [4.69, 9.17) is 4.74 Å². The van der Waals surface area contributed by atoms with Gasteiger partial charge in [-0.05, 0) is 25.2 Å². The molecule has 12 heavy (non-hydrogen) atoms. The zero-order valence-corrected chi connectivity index (χ0v) is 8.22. The quantitative estimate of drug-likeness (QED) is 0.614. The molecule has 1 fully saturated rings. The molecular formula is C11H21O. The molecule has 1 aliphatic heterocycles. The van der Waals surface area contributed by atoms with Crippen LogP contribution in [0.25, 0.3) is 0 Å². The second kappa shape index (κ2) is 5.58. The lowest BCUT2D eigenvalue weighted by atomic mass is 9.99. The summed E-state index contributed by atoms with van der Waals surface area (Å²) in [5.41, 5.74) is 0. The van der Waals surface area contributed by atoms with Gasteiger partial charge in [-0.1, -0.05) is 33.1 Å². The van der Waals surface area contributed by atoms with Crippen LogP contribution in [0.4, 0.5) is 0 Å². The summed E-state index contributed by atoms with van der Waals surface area (Å²) in [6.07, 6.45) is 8.18. The smallest absolute Gasteiger partial charge is 0.0576 e. The molecule has 1 heterocycles. The van der Waals surface area contributed by atoms with Crippen LogP contribution in [-0.2, 0) is 4.74 Å². The van der Waals surface area contributed by atoms with Crippen molar-refractivity contribution in [3.8, 4) is 0 Å². The summed E-state index contributed by atoms with van der Waals surface area (Å²) < 4.78 is 5.55. The average Bonchev–Trinajstić information content (AvgIpc) is 2.57. The van der Waals surface area contributed by atoms with Gasteiger partial charge >= 0.3 is 0 Å². The summed E-state index contributed by atoms with van der Waals surface area (Å²) in [7, 11) is 0. The van der Waals surface area contributed by atoms with Crippen molar-refractivity contribution in [2.45, 2.75) is 51.6 Å². The van der Waals surface area contributed by atoms with Crippen molar-refractivity contribution in [2.24, 2.45) is 5.92 Å². The fraction of sp³-hybridized carbons (Fsp3) is 0.909. The first-order valence-corrected chi connectivity index (χ1v) is 5.27. The van der Waals surface area contributed by atoms with Gasteiger partial charge in [0, 0.05) is 6.61 Å².